The molecule has 1 aliphatic heterocycles. The molecular formula is C35H37Cl2N2O2+. The molecule has 2 heterocycles. The second-order valence-corrected chi connectivity index (χ2v) is 12.1. The fourth-order valence-electron chi connectivity index (χ4n) is 5.81. The van der Waals surface area contributed by atoms with E-state index in [1.165, 1.54) is 11.1 Å². The highest BCUT2D eigenvalue weighted by molar-refractivity contribution is 6.42. The van der Waals surface area contributed by atoms with Crippen LogP contribution < -0.4 is 9.30 Å². The lowest BCUT2D eigenvalue weighted by Gasteiger charge is -2.43. The van der Waals surface area contributed by atoms with E-state index in [9.17, 15) is 4.79 Å². The number of piperidine rings is 1. The minimum atomic E-state index is -0.226. The van der Waals surface area contributed by atoms with E-state index in [2.05, 4.69) is 59.4 Å². The number of likely N-dealkylation sites (tertiary alicyclic amines) is 1. The van der Waals surface area contributed by atoms with E-state index in [1.807, 2.05) is 61.2 Å². The molecule has 212 valence electrons. The van der Waals surface area contributed by atoms with Gasteiger partial charge < -0.3 is 9.64 Å². The summed E-state index contributed by atoms with van der Waals surface area (Å²) in [6, 6.07) is 28.5. The summed E-state index contributed by atoms with van der Waals surface area (Å²) in [5, 5.41) is 1.09. The van der Waals surface area contributed by atoms with Crippen LogP contribution in [0.3, 0.4) is 0 Å². The summed E-state index contributed by atoms with van der Waals surface area (Å²) in [4.78, 5) is 15.7. The molecule has 41 heavy (non-hydrogen) atoms. The van der Waals surface area contributed by atoms with Crippen LogP contribution in [0.2, 0.25) is 10.0 Å². The molecule has 0 saturated carbocycles. The number of nitrogens with zero attached hydrogens (tertiary/aromatic N) is 2. The van der Waals surface area contributed by atoms with E-state index in [0.717, 1.165) is 49.2 Å². The number of ether oxygens (including phenoxy) is 1. The molecule has 0 N–H and O–H groups in total. The smallest absolute Gasteiger partial charge is 0.227 e. The molecule has 1 aromatic heterocycles. The van der Waals surface area contributed by atoms with Gasteiger partial charge in [0, 0.05) is 37.1 Å². The Morgan fingerprint density at radius 3 is 2.41 bits per heavy atom. The summed E-state index contributed by atoms with van der Waals surface area (Å²) >= 11 is 12.8. The monoisotopic (exact) mass is 587 g/mol. The van der Waals surface area contributed by atoms with Crippen molar-refractivity contribution in [2.75, 3.05) is 13.1 Å². The lowest BCUT2D eigenvalue weighted by Crippen LogP contribution is -2.51. The summed E-state index contributed by atoms with van der Waals surface area (Å²) in [6.07, 6.45) is 7.51. The zero-order valence-electron chi connectivity index (χ0n) is 23.7. The number of aryl methyl sites for hydroxylation is 1. The van der Waals surface area contributed by atoms with Crippen LogP contribution in [0.4, 0.5) is 0 Å². The molecule has 6 heteroatoms. The molecule has 1 saturated heterocycles. The molecule has 1 atom stereocenters. The highest BCUT2D eigenvalue weighted by Gasteiger charge is 2.39. The summed E-state index contributed by atoms with van der Waals surface area (Å²) in [5.41, 5.74) is 4.27. The van der Waals surface area contributed by atoms with E-state index >= 15 is 0 Å². The molecule has 1 aliphatic rings. The van der Waals surface area contributed by atoms with Crippen LogP contribution >= 0.6 is 23.2 Å². The van der Waals surface area contributed by atoms with Crippen molar-refractivity contribution in [3.8, 4) is 16.9 Å². The Balaban J connectivity index is 1.35. The molecule has 5 rings (SSSR count). The van der Waals surface area contributed by atoms with Crippen LogP contribution in [0.25, 0.3) is 11.1 Å². The zero-order valence-corrected chi connectivity index (χ0v) is 25.2. The van der Waals surface area contributed by atoms with Gasteiger partial charge in [-0.1, -0.05) is 71.7 Å². The molecular weight excluding hydrogens is 551 g/mol. The number of amides is 1. The highest BCUT2D eigenvalue weighted by atomic mass is 35.5. The van der Waals surface area contributed by atoms with Crippen LogP contribution in [0.15, 0.2) is 97.3 Å². The van der Waals surface area contributed by atoms with Gasteiger partial charge in [0.25, 0.3) is 0 Å². The zero-order chi connectivity index (χ0) is 28.8. The van der Waals surface area contributed by atoms with Gasteiger partial charge in [0.05, 0.1) is 22.6 Å². The van der Waals surface area contributed by atoms with Crippen LogP contribution in [0, 0.1) is 0 Å². The van der Waals surface area contributed by atoms with Gasteiger partial charge in [-0.05, 0) is 73.2 Å². The number of pyridine rings is 1. The SMILES string of the molecule is CC(C)Oc1cccc(CC(=O)N2CCCC(CC[n+]3ccc(-c4ccccc4)cc3)(c3ccc(Cl)c(Cl)c3)C2)c1. The number of carbonyl (C=O) groups excluding carboxylic acids is 1. The third kappa shape index (κ3) is 7.30. The number of hydrogen-bond acceptors (Lipinski definition) is 2. The van der Waals surface area contributed by atoms with Crippen molar-refractivity contribution in [1.82, 2.24) is 4.90 Å². The van der Waals surface area contributed by atoms with Gasteiger partial charge in [-0.15, -0.1) is 0 Å². The summed E-state index contributed by atoms with van der Waals surface area (Å²) in [7, 11) is 0. The topological polar surface area (TPSA) is 33.4 Å². The van der Waals surface area contributed by atoms with Crippen molar-refractivity contribution in [3.05, 3.63) is 118 Å². The van der Waals surface area contributed by atoms with E-state index in [1.54, 1.807) is 0 Å². The second-order valence-electron chi connectivity index (χ2n) is 11.3. The molecule has 4 nitrogen and oxygen atoms in total. The average molecular weight is 589 g/mol. The van der Waals surface area contributed by atoms with E-state index < -0.39 is 0 Å². The van der Waals surface area contributed by atoms with Crippen LogP contribution in [0.5, 0.6) is 5.75 Å². The number of carbonyl (C=O) groups is 1. The fraction of sp³-hybridized carbons (Fsp3) is 0.314. The van der Waals surface area contributed by atoms with Crippen LogP contribution in [-0.2, 0) is 23.2 Å². The number of rotatable bonds is 9. The molecule has 1 fully saturated rings. The van der Waals surface area contributed by atoms with Gasteiger partial charge in [0.1, 0.15) is 12.3 Å². The predicted octanol–water partition coefficient (Wildman–Crippen LogP) is 7.93. The first kappa shape index (κ1) is 29.2. The molecule has 1 amide bonds. The Labute approximate surface area is 253 Å². The Kier molecular flexibility index (Phi) is 9.32. The van der Waals surface area contributed by atoms with Gasteiger partial charge >= 0.3 is 0 Å². The fourth-order valence-corrected chi connectivity index (χ4v) is 6.11. The minimum Gasteiger partial charge on any atom is -0.491 e. The van der Waals surface area contributed by atoms with Crippen molar-refractivity contribution < 1.29 is 14.1 Å². The maximum atomic E-state index is 13.6. The molecule has 0 aliphatic carbocycles. The molecule has 0 bridgehead atoms. The lowest BCUT2D eigenvalue weighted by atomic mass is 9.71. The molecule has 3 aromatic carbocycles. The first-order chi connectivity index (χ1) is 19.8. The predicted molar refractivity (Wildman–Crippen MR) is 167 cm³/mol. The second kappa shape index (κ2) is 13.1. The molecule has 0 radical (unpaired) electrons. The number of hydrogen-bond donors (Lipinski definition) is 0. The number of aromatic nitrogens is 1. The lowest BCUT2D eigenvalue weighted by molar-refractivity contribution is -0.698. The largest absolute Gasteiger partial charge is 0.491 e. The number of benzene rings is 3. The van der Waals surface area contributed by atoms with Gasteiger partial charge in [0.15, 0.2) is 12.4 Å². The Hall–Kier alpha value is -3.34. The van der Waals surface area contributed by atoms with Crippen molar-refractivity contribution in [2.24, 2.45) is 0 Å². The average Bonchev–Trinajstić information content (AvgIpc) is 2.98. The van der Waals surface area contributed by atoms with Gasteiger partial charge in [-0.25, -0.2) is 4.57 Å². The van der Waals surface area contributed by atoms with Crippen molar-refractivity contribution in [2.45, 2.75) is 57.6 Å². The normalized spacial score (nSPS) is 17.0. The van der Waals surface area contributed by atoms with Gasteiger partial charge in [0.2, 0.25) is 5.91 Å². The Bertz CT molecular complexity index is 1470. The highest BCUT2D eigenvalue weighted by Crippen LogP contribution is 2.40. The van der Waals surface area contributed by atoms with E-state index in [0.29, 0.717) is 23.0 Å². The van der Waals surface area contributed by atoms with E-state index in [4.69, 9.17) is 27.9 Å². The first-order valence-electron chi connectivity index (χ1n) is 14.3. The Morgan fingerprint density at radius 2 is 1.68 bits per heavy atom. The van der Waals surface area contributed by atoms with Crippen LogP contribution in [-0.4, -0.2) is 30.0 Å². The minimum absolute atomic E-state index is 0.0854. The third-order valence-corrected chi connectivity index (χ3v) is 8.67. The van der Waals surface area contributed by atoms with E-state index in [-0.39, 0.29) is 17.4 Å². The molecule has 4 aromatic rings. The van der Waals surface area contributed by atoms with Crippen molar-refractivity contribution in [3.63, 3.8) is 0 Å². The van der Waals surface area contributed by atoms with Crippen molar-refractivity contribution >= 4 is 29.1 Å². The van der Waals surface area contributed by atoms with Crippen molar-refractivity contribution in [1.29, 1.82) is 0 Å². The molecule has 1 unspecified atom stereocenters. The summed E-state index contributed by atoms with van der Waals surface area (Å²) in [6.45, 7) is 6.23. The van der Waals surface area contributed by atoms with Gasteiger partial charge in [-0.2, -0.15) is 0 Å². The summed E-state index contributed by atoms with van der Waals surface area (Å²) < 4.78 is 8.08. The Morgan fingerprint density at radius 1 is 0.927 bits per heavy atom. The quantitative estimate of drug-likeness (QED) is 0.186. The third-order valence-electron chi connectivity index (χ3n) is 7.93. The molecule has 0 spiro atoms. The van der Waals surface area contributed by atoms with Crippen LogP contribution in [0.1, 0.15) is 44.2 Å². The maximum Gasteiger partial charge on any atom is 0.227 e. The standard InChI is InChI=1S/C35H37Cl2N2O2/c1-26(2)41-31-11-6-8-27(22-31)23-34(40)39-18-7-16-35(25-39,30-12-13-32(36)33(37)24-30)17-21-38-19-14-29(15-20-38)28-9-4-3-5-10-28/h3-6,8-15,19-20,22,24,26H,7,16-18,21,23,25H2,1-2H3/q+1. The maximum absolute atomic E-state index is 13.6. The number of halogens is 2. The summed E-state index contributed by atoms with van der Waals surface area (Å²) in [5.74, 6) is 0.931. The van der Waals surface area contributed by atoms with Gasteiger partial charge in [-0.3, -0.25) is 4.79 Å². The first-order valence-corrected chi connectivity index (χ1v) is 15.1.